The number of carboxylic acid groups (broad SMARTS) is 1. The van der Waals surface area contributed by atoms with Crippen LogP contribution in [0.3, 0.4) is 0 Å². The molecule has 1 atom stereocenters. The lowest BCUT2D eigenvalue weighted by Crippen LogP contribution is -2.32. The van der Waals surface area contributed by atoms with E-state index in [1.807, 2.05) is 54.6 Å². The van der Waals surface area contributed by atoms with Crippen LogP contribution < -0.4 is 5.73 Å². The molecule has 0 saturated carbocycles. The first kappa shape index (κ1) is 13.9. The minimum absolute atomic E-state index is 0.321. The van der Waals surface area contributed by atoms with Crippen LogP contribution in [0.4, 0.5) is 0 Å². The molecule has 100 valence electrons. The SMILES string of the molecule is NC(Cc1ccc(C#Cc2ccccc2)cc1)C(=O)O. The van der Waals surface area contributed by atoms with Gasteiger partial charge in [0.05, 0.1) is 0 Å². The van der Waals surface area contributed by atoms with Gasteiger partial charge in [-0.2, -0.15) is 0 Å². The Labute approximate surface area is 118 Å². The molecule has 0 fully saturated rings. The van der Waals surface area contributed by atoms with Crippen molar-refractivity contribution in [3.63, 3.8) is 0 Å². The lowest BCUT2D eigenvalue weighted by molar-refractivity contribution is -0.138. The molecule has 0 bridgehead atoms. The van der Waals surface area contributed by atoms with Crippen molar-refractivity contribution in [1.29, 1.82) is 0 Å². The highest BCUT2D eigenvalue weighted by Crippen LogP contribution is 2.06. The maximum atomic E-state index is 10.7. The summed E-state index contributed by atoms with van der Waals surface area (Å²) in [7, 11) is 0. The lowest BCUT2D eigenvalue weighted by atomic mass is 10.0. The van der Waals surface area contributed by atoms with Gasteiger partial charge in [-0.25, -0.2) is 0 Å². The molecule has 0 heterocycles. The number of nitrogens with two attached hydrogens (primary N) is 1. The number of benzene rings is 2. The zero-order chi connectivity index (χ0) is 14.4. The number of carbonyl (C=O) groups is 1. The third kappa shape index (κ3) is 3.98. The Hall–Kier alpha value is -2.57. The van der Waals surface area contributed by atoms with Crippen LogP contribution in [0.2, 0.25) is 0 Å². The molecule has 0 aromatic heterocycles. The van der Waals surface area contributed by atoms with Crippen molar-refractivity contribution < 1.29 is 9.90 Å². The molecule has 2 aromatic carbocycles. The van der Waals surface area contributed by atoms with Crippen molar-refractivity contribution in [2.45, 2.75) is 12.5 Å². The average molecular weight is 265 g/mol. The monoisotopic (exact) mass is 265 g/mol. The van der Waals surface area contributed by atoms with E-state index >= 15 is 0 Å². The largest absolute Gasteiger partial charge is 0.480 e. The van der Waals surface area contributed by atoms with Crippen LogP contribution in [0.1, 0.15) is 16.7 Å². The van der Waals surface area contributed by atoms with Gasteiger partial charge in [0, 0.05) is 11.1 Å². The van der Waals surface area contributed by atoms with E-state index in [-0.39, 0.29) is 0 Å². The predicted molar refractivity (Wildman–Crippen MR) is 78.2 cm³/mol. The van der Waals surface area contributed by atoms with Crippen molar-refractivity contribution in [3.8, 4) is 11.8 Å². The molecule has 0 aliphatic heterocycles. The first-order valence-electron chi connectivity index (χ1n) is 6.29. The summed E-state index contributed by atoms with van der Waals surface area (Å²) in [6, 6.07) is 16.3. The van der Waals surface area contributed by atoms with E-state index in [9.17, 15) is 4.79 Å². The molecule has 2 rings (SSSR count). The summed E-state index contributed by atoms with van der Waals surface area (Å²) in [5, 5.41) is 8.76. The number of hydrogen-bond acceptors (Lipinski definition) is 2. The summed E-state index contributed by atoms with van der Waals surface area (Å²) < 4.78 is 0. The fourth-order valence-electron chi connectivity index (χ4n) is 1.73. The Morgan fingerprint density at radius 3 is 2.10 bits per heavy atom. The van der Waals surface area contributed by atoms with E-state index in [1.165, 1.54) is 0 Å². The molecule has 3 N–H and O–H groups in total. The fourth-order valence-corrected chi connectivity index (χ4v) is 1.73. The molecule has 3 heteroatoms. The molecule has 20 heavy (non-hydrogen) atoms. The minimum atomic E-state index is -0.988. The summed E-state index contributed by atoms with van der Waals surface area (Å²) in [6.45, 7) is 0. The first-order chi connectivity index (χ1) is 9.65. The number of aliphatic carboxylic acids is 1. The Morgan fingerprint density at radius 1 is 1.00 bits per heavy atom. The van der Waals surface area contributed by atoms with Gasteiger partial charge in [-0.3, -0.25) is 4.79 Å². The van der Waals surface area contributed by atoms with Gasteiger partial charge >= 0.3 is 5.97 Å². The summed E-state index contributed by atoms with van der Waals surface area (Å²) in [6.07, 6.45) is 0.321. The molecular weight excluding hydrogens is 250 g/mol. The maximum Gasteiger partial charge on any atom is 0.320 e. The van der Waals surface area contributed by atoms with Crippen LogP contribution in [-0.2, 0) is 11.2 Å². The molecule has 0 aliphatic rings. The topological polar surface area (TPSA) is 63.3 Å². The normalized spacial score (nSPS) is 11.2. The zero-order valence-corrected chi connectivity index (χ0v) is 10.9. The highest BCUT2D eigenvalue weighted by molar-refractivity contribution is 5.73. The average Bonchev–Trinajstić information content (AvgIpc) is 2.47. The molecule has 0 amide bonds. The Bertz CT molecular complexity index is 636. The first-order valence-corrected chi connectivity index (χ1v) is 6.29. The molecule has 0 radical (unpaired) electrons. The van der Waals surface area contributed by atoms with Gasteiger partial charge in [-0.05, 0) is 36.2 Å². The van der Waals surface area contributed by atoms with E-state index in [0.717, 1.165) is 16.7 Å². The van der Waals surface area contributed by atoms with E-state index in [2.05, 4.69) is 11.8 Å². The van der Waals surface area contributed by atoms with Crippen LogP contribution in [0.15, 0.2) is 54.6 Å². The number of hydrogen-bond donors (Lipinski definition) is 2. The van der Waals surface area contributed by atoms with Crippen molar-refractivity contribution in [2.24, 2.45) is 5.73 Å². The zero-order valence-electron chi connectivity index (χ0n) is 10.9. The maximum absolute atomic E-state index is 10.7. The van der Waals surface area contributed by atoms with Crippen LogP contribution in [0.25, 0.3) is 0 Å². The lowest BCUT2D eigenvalue weighted by Gasteiger charge is -2.05. The Kier molecular flexibility index (Phi) is 4.54. The fraction of sp³-hybridized carbons (Fsp3) is 0.118. The molecule has 0 saturated heterocycles. The molecule has 0 aliphatic carbocycles. The highest BCUT2D eigenvalue weighted by atomic mass is 16.4. The van der Waals surface area contributed by atoms with Crippen LogP contribution in [0, 0.1) is 11.8 Å². The van der Waals surface area contributed by atoms with E-state index in [0.29, 0.717) is 6.42 Å². The second-order valence-corrected chi connectivity index (χ2v) is 4.46. The summed E-state index contributed by atoms with van der Waals surface area (Å²) in [5.41, 5.74) is 8.24. The quantitative estimate of drug-likeness (QED) is 0.835. The van der Waals surface area contributed by atoms with Crippen molar-refractivity contribution in [3.05, 3.63) is 71.3 Å². The second-order valence-electron chi connectivity index (χ2n) is 4.46. The van der Waals surface area contributed by atoms with Crippen LogP contribution in [0.5, 0.6) is 0 Å². The summed E-state index contributed by atoms with van der Waals surface area (Å²) >= 11 is 0. The molecule has 1 unspecified atom stereocenters. The highest BCUT2D eigenvalue weighted by Gasteiger charge is 2.11. The molecule has 3 nitrogen and oxygen atoms in total. The molecule has 2 aromatic rings. The van der Waals surface area contributed by atoms with E-state index in [1.54, 1.807) is 0 Å². The molecule has 0 spiro atoms. The van der Waals surface area contributed by atoms with Crippen LogP contribution in [-0.4, -0.2) is 17.1 Å². The second kappa shape index (κ2) is 6.55. The number of rotatable bonds is 3. The smallest absolute Gasteiger partial charge is 0.320 e. The number of carboxylic acids is 1. The van der Waals surface area contributed by atoms with Gasteiger partial charge < -0.3 is 10.8 Å². The van der Waals surface area contributed by atoms with Gasteiger partial charge in [0.25, 0.3) is 0 Å². The Balaban J connectivity index is 2.06. The summed E-state index contributed by atoms with van der Waals surface area (Å²) in [5.74, 6) is 5.15. The Morgan fingerprint density at radius 2 is 1.55 bits per heavy atom. The van der Waals surface area contributed by atoms with Crippen molar-refractivity contribution in [1.82, 2.24) is 0 Å². The standard InChI is InChI=1S/C17H15NO2/c18-16(17(19)20)12-15-10-8-14(9-11-15)7-6-13-4-2-1-3-5-13/h1-5,8-11,16H,12,18H2,(H,19,20). The van der Waals surface area contributed by atoms with Gasteiger partial charge in [-0.15, -0.1) is 0 Å². The van der Waals surface area contributed by atoms with Crippen LogP contribution >= 0.6 is 0 Å². The van der Waals surface area contributed by atoms with Gasteiger partial charge in [0.1, 0.15) is 6.04 Å². The molecular formula is C17H15NO2. The van der Waals surface area contributed by atoms with Gasteiger partial charge in [0.15, 0.2) is 0 Å². The van der Waals surface area contributed by atoms with Crippen molar-refractivity contribution >= 4 is 5.97 Å². The predicted octanol–water partition coefficient (Wildman–Crippen LogP) is 2.04. The van der Waals surface area contributed by atoms with E-state index in [4.69, 9.17) is 10.8 Å². The minimum Gasteiger partial charge on any atom is -0.480 e. The van der Waals surface area contributed by atoms with Gasteiger partial charge in [0.2, 0.25) is 0 Å². The summed E-state index contributed by atoms with van der Waals surface area (Å²) in [4.78, 5) is 10.7. The third-order valence-electron chi connectivity index (χ3n) is 2.85. The van der Waals surface area contributed by atoms with Crippen molar-refractivity contribution in [2.75, 3.05) is 0 Å². The third-order valence-corrected chi connectivity index (χ3v) is 2.85. The van der Waals surface area contributed by atoms with E-state index < -0.39 is 12.0 Å². The van der Waals surface area contributed by atoms with Gasteiger partial charge in [-0.1, -0.05) is 42.2 Å².